The maximum Gasteiger partial charge on any atom is 0.258 e. The number of nitrogen functional groups attached to an aromatic ring is 1. The van der Waals surface area contributed by atoms with Gasteiger partial charge >= 0.3 is 0 Å². The van der Waals surface area contributed by atoms with Crippen LogP contribution in [0.25, 0.3) is 0 Å². The third kappa shape index (κ3) is 2.57. The molecule has 0 aliphatic carbocycles. The second-order valence-electron chi connectivity index (χ2n) is 4.00. The van der Waals surface area contributed by atoms with Crippen LogP contribution in [0, 0.1) is 0 Å². The van der Waals surface area contributed by atoms with E-state index in [1.807, 2.05) is 6.92 Å². The normalized spacial score (nSPS) is 10.6. The lowest BCUT2D eigenvalue weighted by Gasteiger charge is -2.16. The molecule has 20 heavy (non-hydrogen) atoms. The van der Waals surface area contributed by atoms with E-state index in [4.69, 9.17) is 40.5 Å². The van der Waals surface area contributed by atoms with Gasteiger partial charge < -0.3 is 11.1 Å². The number of halogens is 3. The number of nitrogens with zero attached hydrogens (tertiary/aromatic N) is 1. The second-order valence-corrected chi connectivity index (χ2v) is 5.14. The summed E-state index contributed by atoms with van der Waals surface area (Å²) in [7, 11) is 0. The first-order valence-corrected chi connectivity index (χ1v) is 6.85. The molecule has 1 heterocycles. The summed E-state index contributed by atoms with van der Waals surface area (Å²) < 4.78 is 0. The number of carbonyl (C=O) groups excluding carboxylic acids is 1. The van der Waals surface area contributed by atoms with E-state index < -0.39 is 5.91 Å². The maximum atomic E-state index is 12.0. The fourth-order valence-electron chi connectivity index (χ4n) is 1.72. The lowest BCUT2D eigenvalue weighted by atomic mass is 10.1. The van der Waals surface area contributed by atoms with E-state index in [9.17, 15) is 4.79 Å². The third-order valence-electron chi connectivity index (χ3n) is 2.79. The van der Waals surface area contributed by atoms with Crippen LogP contribution in [0.5, 0.6) is 0 Å². The Morgan fingerprint density at radius 2 is 2.05 bits per heavy atom. The van der Waals surface area contributed by atoms with Gasteiger partial charge in [-0.3, -0.25) is 9.89 Å². The lowest BCUT2D eigenvalue weighted by molar-refractivity contribution is 0.102. The predicted molar refractivity (Wildman–Crippen MR) is 81.8 cm³/mol. The summed E-state index contributed by atoms with van der Waals surface area (Å²) >= 11 is 18.4. The SMILES string of the molecule is CCc1c(Cl)c(N)c(Cl)c(NC(=O)c2cn[nH]c2)c1Cl. The van der Waals surface area contributed by atoms with E-state index in [0.717, 1.165) is 0 Å². The summed E-state index contributed by atoms with van der Waals surface area (Å²) in [4.78, 5) is 12.0. The molecule has 0 bridgehead atoms. The fraction of sp³-hybridized carbons (Fsp3) is 0.167. The van der Waals surface area contributed by atoms with Crippen LogP contribution < -0.4 is 11.1 Å². The van der Waals surface area contributed by atoms with Crippen LogP contribution >= 0.6 is 34.8 Å². The summed E-state index contributed by atoms with van der Waals surface area (Å²) in [5, 5.41) is 9.58. The summed E-state index contributed by atoms with van der Waals surface area (Å²) in [5.74, 6) is -0.397. The Bertz CT molecular complexity index is 655. The van der Waals surface area contributed by atoms with E-state index >= 15 is 0 Å². The zero-order valence-corrected chi connectivity index (χ0v) is 12.7. The highest BCUT2D eigenvalue weighted by Gasteiger charge is 2.20. The largest absolute Gasteiger partial charge is 0.396 e. The third-order valence-corrected chi connectivity index (χ3v) is 4.04. The van der Waals surface area contributed by atoms with Crippen LogP contribution in [-0.2, 0) is 6.42 Å². The summed E-state index contributed by atoms with van der Waals surface area (Å²) in [6.07, 6.45) is 3.40. The molecule has 0 aliphatic heterocycles. The number of nitrogens with one attached hydrogen (secondary N) is 2. The van der Waals surface area contributed by atoms with Crippen molar-refractivity contribution < 1.29 is 4.79 Å². The highest BCUT2D eigenvalue weighted by atomic mass is 35.5. The van der Waals surface area contributed by atoms with Crippen LogP contribution in [0.1, 0.15) is 22.8 Å². The van der Waals surface area contributed by atoms with Gasteiger partial charge in [-0.1, -0.05) is 41.7 Å². The molecule has 0 fully saturated rings. The van der Waals surface area contributed by atoms with Gasteiger partial charge in [-0.05, 0) is 12.0 Å². The number of carbonyl (C=O) groups is 1. The molecular weight excluding hydrogens is 323 g/mol. The van der Waals surface area contributed by atoms with Crippen molar-refractivity contribution in [3.63, 3.8) is 0 Å². The monoisotopic (exact) mass is 332 g/mol. The van der Waals surface area contributed by atoms with Gasteiger partial charge in [-0.2, -0.15) is 5.10 Å². The number of nitrogens with two attached hydrogens (primary N) is 1. The van der Waals surface area contributed by atoms with Crippen molar-refractivity contribution >= 4 is 52.1 Å². The van der Waals surface area contributed by atoms with Crippen molar-refractivity contribution in [1.29, 1.82) is 0 Å². The molecule has 0 aliphatic rings. The zero-order chi connectivity index (χ0) is 14.9. The Morgan fingerprint density at radius 1 is 1.35 bits per heavy atom. The minimum atomic E-state index is -0.397. The summed E-state index contributed by atoms with van der Waals surface area (Å²) in [5.41, 5.74) is 7.26. The number of hydrogen-bond acceptors (Lipinski definition) is 3. The Kier molecular flexibility index (Phi) is 4.42. The smallest absolute Gasteiger partial charge is 0.258 e. The minimum Gasteiger partial charge on any atom is -0.396 e. The van der Waals surface area contributed by atoms with Crippen molar-refractivity contribution in [1.82, 2.24) is 10.2 Å². The standard InChI is InChI=1S/C12H11Cl3N4O/c1-2-6-7(13)10(16)9(15)11(8(6)14)19-12(20)5-3-17-18-4-5/h3-4H,2,16H2,1H3,(H,17,18)(H,19,20). The van der Waals surface area contributed by atoms with Crippen molar-refractivity contribution in [3.8, 4) is 0 Å². The van der Waals surface area contributed by atoms with Gasteiger partial charge in [0.25, 0.3) is 5.91 Å². The number of H-pyrrole nitrogens is 1. The molecule has 0 radical (unpaired) electrons. The molecule has 2 aromatic rings. The average Bonchev–Trinajstić information content (AvgIpc) is 2.96. The van der Waals surface area contributed by atoms with Gasteiger partial charge in [0.15, 0.2) is 0 Å². The Morgan fingerprint density at radius 3 is 2.60 bits per heavy atom. The van der Waals surface area contributed by atoms with Gasteiger partial charge in [0.05, 0.1) is 38.2 Å². The van der Waals surface area contributed by atoms with Crippen molar-refractivity contribution in [2.24, 2.45) is 0 Å². The molecule has 106 valence electrons. The molecule has 8 heteroatoms. The molecule has 0 spiro atoms. The topological polar surface area (TPSA) is 83.8 Å². The number of anilines is 2. The molecule has 0 atom stereocenters. The van der Waals surface area contributed by atoms with Crippen LogP contribution in [0.2, 0.25) is 15.1 Å². The van der Waals surface area contributed by atoms with Crippen molar-refractivity contribution in [3.05, 3.63) is 38.6 Å². The van der Waals surface area contributed by atoms with E-state index in [1.54, 1.807) is 0 Å². The van der Waals surface area contributed by atoms with Crippen LogP contribution in [0.15, 0.2) is 12.4 Å². The van der Waals surface area contributed by atoms with E-state index in [1.165, 1.54) is 12.4 Å². The van der Waals surface area contributed by atoms with Gasteiger partial charge in [-0.25, -0.2) is 0 Å². The first kappa shape index (κ1) is 15.0. The highest BCUT2D eigenvalue weighted by molar-refractivity contribution is 6.46. The Labute approximate surface area is 130 Å². The molecule has 5 nitrogen and oxygen atoms in total. The zero-order valence-electron chi connectivity index (χ0n) is 10.4. The van der Waals surface area contributed by atoms with E-state index in [-0.39, 0.29) is 21.4 Å². The molecule has 0 unspecified atom stereocenters. The van der Waals surface area contributed by atoms with Gasteiger partial charge in [0, 0.05) is 6.20 Å². The van der Waals surface area contributed by atoms with Crippen LogP contribution in [0.3, 0.4) is 0 Å². The predicted octanol–water partition coefficient (Wildman–Crippen LogP) is 3.77. The number of amides is 1. The quantitative estimate of drug-likeness (QED) is 0.748. The molecule has 1 amide bonds. The fourth-order valence-corrected chi connectivity index (χ4v) is 2.79. The number of hydrogen-bond donors (Lipinski definition) is 3. The summed E-state index contributed by atoms with van der Waals surface area (Å²) in [6, 6.07) is 0. The second kappa shape index (κ2) is 5.91. The van der Waals surface area contributed by atoms with Crippen molar-refractivity contribution in [2.45, 2.75) is 13.3 Å². The van der Waals surface area contributed by atoms with Crippen LogP contribution in [-0.4, -0.2) is 16.1 Å². The van der Waals surface area contributed by atoms with Crippen LogP contribution in [0.4, 0.5) is 11.4 Å². The summed E-state index contributed by atoms with van der Waals surface area (Å²) in [6.45, 7) is 1.88. The van der Waals surface area contributed by atoms with Gasteiger partial charge in [-0.15, -0.1) is 0 Å². The number of benzene rings is 1. The molecule has 1 aromatic carbocycles. The minimum absolute atomic E-state index is 0.119. The number of aromatic nitrogens is 2. The van der Waals surface area contributed by atoms with E-state index in [0.29, 0.717) is 22.6 Å². The molecule has 2 rings (SSSR count). The van der Waals surface area contributed by atoms with Gasteiger partial charge in [0.1, 0.15) is 0 Å². The molecule has 0 saturated carbocycles. The Hall–Kier alpha value is -1.43. The van der Waals surface area contributed by atoms with E-state index in [2.05, 4.69) is 15.5 Å². The number of aromatic amines is 1. The van der Waals surface area contributed by atoms with Crippen molar-refractivity contribution in [2.75, 3.05) is 11.1 Å². The maximum absolute atomic E-state index is 12.0. The average molecular weight is 334 g/mol. The van der Waals surface area contributed by atoms with Gasteiger partial charge in [0.2, 0.25) is 0 Å². The molecule has 0 saturated heterocycles. The molecule has 4 N–H and O–H groups in total. The lowest BCUT2D eigenvalue weighted by Crippen LogP contribution is -2.13. The molecular formula is C12H11Cl3N4O. The highest BCUT2D eigenvalue weighted by Crippen LogP contribution is 2.43. The first-order chi connectivity index (χ1) is 9.47. The first-order valence-electron chi connectivity index (χ1n) is 5.72. The Balaban J connectivity index is 2.47. The molecule has 1 aromatic heterocycles. The number of rotatable bonds is 3.